The Morgan fingerprint density at radius 3 is 2.62 bits per heavy atom. The number of carbonyl (C=O) groups is 1. The lowest BCUT2D eigenvalue weighted by Gasteiger charge is -2.58. The van der Waals surface area contributed by atoms with Gasteiger partial charge in [0.25, 0.3) is 5.92 Å². The van der Waals surface area contributed by atoms with Crippen molar-refractivity contribution in [1.29, 1.82) is 0 Å². The summed E-state index contributed by atoms with van der Waals surface area (Å²) < 4.78 is 35.8. The molecule has 4 fully saturated rings. The summed E-state index contributed by atoms with van der Waals surface area (Å²) in [5.41, 5.74) is -1.18. The van der Waals surface area contributed by atoms with Crippen molar-refractivity contribution >= 4 is 5.97 Å². The third-order valence-corrected chi connectivity index (χ3v) is 9.60. The molecule has 0 aromatic heterocycles. The maximum atomic E-state index is 15.1. The molecular weight excluding hydrogens is 334 g/mol. The minimum atomic E-state index is -2.54. The van der Waals surface area contributed by atoms with Crippen molar-refractivity contribution in [2.24, 2.45) is 39.9 Å². The molecule has 4 saturated carbocycles. The van der Waals surface area contributed by atoms with Crippen LogP contribution in [-0.4, -0.2) is 18.0 Å². The number of carbonyl (C=O) groups excluding carboxylic acids is 1. The highest BCUT2D eigenvalue weighted by Gasteiger charge is 2.88. The molecule has 0 N–H and O–H groups in total. The fourth-order valence-electron chi connectivity index (χ4n) is 8.40. The van der Waals surface area contributed by atoms with E-state index in [1.807, 2.05) is 12.2 Å². The van der Waals surface area contributed by atoms with Crippen LogP contribution in [0, 0.1) is 39.9 Å². The Bertz CT molecular complexity index is 688. The molecule has 0 aromatic carbocycles. The van der Waals surface area contributed by atoms with Gasteiger partial charge in [-0.2, -0.15) is 0 Å². The normalized spacial score (nSPS) is 56.0. The van der Waals surface area contributed by atoms with E-state index in [2.05, 4.69) is 13.8 Å². The van der Waals surface area contributed by atoms with E-state index in [0.29, 0.717) is 24.2 Å². The van der Waals surface area contributed by atoms with Crippen LogP contribution in [0.4, 0.5) is 8.78 Å². The first-order chi connectivity index (χ1) is 12.2. The number of allylic oxidation sites excluding steroid dienone is 2. The summed E-state index contributed by atoms with van der Waals surface area (Å²) in [5, 5.41) is 0. The van der Waals surface area contributed by atoms with Crippen molar-refractivity contribution in [3.8, 4) is 0 Å². The molecule has 5 aliphatic carbocycles. The molecule has 26 heavy (non-hydrogen) atoms. The van der Waals surface area contributed by atoms with E-state index >= 15 is 8.78 Å². The van der Waals surface area contributed by atoms with Crippen molar-refractivity contribution in [1.82, 2.24) is 0 Å². The summed E-state index contributed by atoms with van der Waals surface area (Å²) in [6.45, 7) is 5.91. The quantitative estimate of drug-likeness (QED) is 0.462. The summed E-state index contributed by atoms with van der Waals surface area (Å²) in [6.07, 6.45) is 10.3. The van der Waals surface area contributed by atoms with Gasteiger partial charge in [-0.15, -0.1) is 0 Å². The zero-order valence-electron chi connectivity index (χ0n) is 16.1. The van der Waals surface area contributed by atoms with E-state index < -0.39 is 17.3 Å². The molecule has 0 aromatic rings. The lowest BCUT2D eigenvalue weighted by atomic mass is 9.45. The topological polar surface area (TPSA) is 26.3 Å². The number of esters is 1. The van der Waals surface area contributed by atoms with Crippen molar-refractivity contribution in [3.05, 3.63) is 12.2 Å². The largest absolute Gasteiger partial charge is 0.462 e. The lowest BCUT2D eigenvalue weighted by Crippen LogP contribution is -2.54. The molecule has 0 bridgehead atoms. The molecule has 4 heteroatoms. The number of halogens is 2. The Kier molecular flexibility index (Phi) is 3.25. The van der Waals surface area contributed by atoms with Gasteiger partial charge in [0.15, 0.2) is 0 Å². The first-order valence-electron chi connectivity index (χ1n) is 10.4. The number of alkyl halides is 2. The van der Waals surface area contributed by atoms with Gasteiger partial charge in [-0.1, -0.05) is 26.0 Å². The zero-order valence-corrected chi connectivity index (χ0v) is 16.1. The van der Waals surface area contributed by atoms with Crippen LogP contribution < -0.4 is 0 Å². The Labute approximate surface area is 154 Å². The highest BCUT2D eigenvalue weighted by Crippen LogP contribution is 2.84. The maximum absolute atomic E-state index is 15.1. The molecule has 0 radical (unpaired) electrons. The number of fused-ring (bicyclic) bond motifs is 4. The Hall–Kier alpha value is -0.930. The second kappa shape index (κ2) is 4.91. The Balaban J connectivity index is 1.52. The molecule has 5 aliphatic rings. The van der Waals surface area contributed by atoms with Crippen LogP contribution in [0.1, 0.15) is 65.7 Å². The minimum Gasteiger partial charge on any atom is -0.462 e. The average molecular weight is 364 g/mol. The van der Waals surface area contributed by atoms with Gasteiger partial charge < -0.3 is 4.74 Å². The van der Waals surface area contributed by atoms with Gasteiger partial charge in [-0.05, 0) is 68.1 Å². The number of hydrogen-bond donors (Lipinski definition) is 0. The monoisotopic (exact) mass is 364 g/mol. The molecule has 144 valence electrons. The van der Waals surface area contributed by atoms with Crippen molar-refractivity contribution in [3.63, 3.8) is 0 Å². The van der Waals surface area contributed by atoms with E-state index in [-0.39, 0.29) is 22.9 Å². The zero-order chi connectivity index (χ0) is 18.5. The maximum Gasteiger partial charge on any atom is 0.302 e. The third-order valence-electron chi connectivity index (χ3n) is 9.60. The predicted octanol–water partition coefficient (Wildman–Crippen LogP) is 5.37. The number of hydrogen-bond acceptors (Lipinski definition) is 2. The molecule has 2 nitrogen and oxygen atoms in total. The van der Waals surface area contributed by atoms with Crippen LogP contribution in [0.15, 0.2) is 12.2 Å². The molecule has 0 aliphatic heterocycles. The number of rotatable bonds is 1. The Morgan fingerprint density at radius 1 is 1.12 bits per heavy atom. The molecule has 0 amide bonds. The SMILES string of the molecule is CC(=O)O[C@@H]1CC[C@H]2[C@@H]3C[C@@H]4C(F)(F)[C@@]45C=CCC[C@]5(C)[C@H]3CC[C@]12C. The van der Waals surface area contributed by atoms with Gasteiger partial charge in [-0.25, -0.2) is 8.78 Å². The smallest absolute Gasteiger partial charge is 0.302 e. The lowest BCUT2D eigenvalue weighted by molar-refractivity contribution is -0.160. The first-order valence-corrected chi connectivity index (χ1v) is 10.4. The van der Waals surface area contributed by atoms with E-state index in [0.717, 1.165) is 38.5 Å². The average Bonchev–Trinajstić information content (AvgIpc) is 2.86. The fraction of sp³-hybridized carbons (Fsp3) is 0.864. The Morgan fingerprint density at radius 2 is 1.88 bits per heavy atom. The summed E-state index contributed by atoms with van der Waals surface area (Å²) >= 11 is 0. The van der Waals surface area contributed by atoms with Crippen LogP contribution >= 0.6 is 0 Å². The summed E-state index contributed by atoms with van der Waals surface area (Å²) in [5.74, 6) is -2.07. The third kappa shape index (κ3) is 1.71. The number of ether oxygens (including phenoxy) is 1. The van der Waals surface area contributed by atoms with Gasteiger partial charge in [0.1, 0.15) is 6.10 Å². The van der Waals surface area contributed by atoms with Crippen LogP contribution in [-0.2, 0) is 9.53 Å². The molecule has 0 heterocycles. The summed E-state index contributed by atoms with van der Waals surface area (Å²) in [7, 11) is 0. The first kappa shape index (κ1) is 17.2. The van der Waals surface area contributed by atoms with Gasteiger partial charge in [0.05, 0.1) is 5.41 Å². The van der Waals surface area contributed by atoms with Gasteiger partial charge in [0.2, 0.25) is 0 Å². The van der Waals surface area contributed by atoms with E-state index in [4.69, 9.17) is 4.74 Å². The van der Waals surface area contributed by atoms with Crippen LogP contribution in [0.2, 0.25) is 0 Å². The van der Waals surface area contributed by atoms with Gasteiger partial charge in [-0.3, -0.25) is 4.79 Å². The molecule has 5 rings (SSSR count). The predicted molar refractivity (Wildman–Crippen MR) is 94.6 cm³/mol. The summed E-state index contributed by atoms with van der Waals surface area (Å²) in [6, 6.07) is 0. The molecule has 0 saturated heterocycles. The molecule has 0 unspecified atom stereocenters. The van der Waals surface area contributed by atoms with E-state index in [9.17, 15) is 4.79 Å². The fourth-order valence-corrected chi connectivity index (χ4v) is 8.40. The van der Waals surface area contributed by atoms with Crippen LogP contribution in [0.25, 0.3) is 0 Å². The van der Waals surface area contributed by atoms with Gasteiger partial charge in [0, 0.05) is 18.3 Å². The standard InChI is InChI=1S/C22H30F2O2/c1-13(25)26-18-7-6-15-14-12-17-21(22(17,23)24)10-5-4-9-20(21,3)16(14)8-11-19(15,18)2/h5,10,14-18H,4,6-9,11-12H2,1-3H3/t14-,15-,16-,17-,18+,19-,20+,21-/m0/s1. The van der Waals surface area contributed by atoms with Gasteiger partial charge >= 0.3 is 5.97 Å². The van der Waals surface area contributed by atoms with E-state index in [1.54, 1.807) is 0 Å². The van der Waals surface area contributed by atoms with Crippen molar-refractivity contribution in [2.75, 3.05) is 0 Å². The van der Waals surface area contributed by atoms with Crippen LogP contribution in [0.3, 0.4) is 0 Å². The van der Waals surface area contributed by atoms with Crippen LogP contribution in [0.5, 0.6) is 0 Å². The highest BCUT2D eigenvalue weighted by atomic mass is 19.3. The van der Waals surface area contributed by atoms with Crippen molar-refractivity contribution in [2.45, 2.75) is 77.7 Å². The molecule has 8 atom stereocenters. The molecule has 1 spiro atoms. The van der Waals surface area contributed by atoms with Crippen molar-refractivity contribution < 1.29 is 18.3 Å². The molecular formula is C22H30F2O2. The second-order valence-electron chi connectivity index (χ2n) is 10.2. The van der Waals surface area contributed by atoms with E-state index in [1.165, 1.54) is 6.92 Å². The minimum absolute atomic E-state index is 0.0299. The summed E-state index contributed by atoms with van der Waals surface area (Å²) in [4.78, 5) is 11.6. The highest BCUT2D eigenvalue weighted by molar-refractivity contribution is 5.66. The second-order valence-corrected chi connectivity index (χ2v) is 10.2.